The van der Waals surface area contributed by atoms with Gasteiger partial charge in [-0.2, -0.15) is 0 Å². The lowest BCUT2D eigenvalue weighted by Gasteiger charge is -2.34. The van der Waals surface area contributed by atoms with Gasteiger partial charge in [0.2, 0.25) is 0 Å². The molecular weight excluding hydrogens is 558 g/mol. The number of nitrogens with zero attached hydrogens (tertiary/aromatic N) is 1. The number of carboxylic acid groups (broad SMARTS) is 1. The molecule has 0 aliphatic rings. The Morgan fingerprint density at radius 2 is 1.32 bits per heavy atom. The first-order chi connectivity index (χ1) is 21.1. The summed E-state index contributed by atoms with van der Waals surface area (Å²) in [5, 5.41) is 11.5. The number of carboxylic acids is 1. The number of unbranched alkanes of at least 4 members (excludes halogenated alkanes) is 4. The summed E-state index contributed by atoms with van der Waals surface area (Å²) < 4.78 is 16.8. The number of quaternary nitrogens is 1. The molecular formula is C36H57NO7. The third kappa shape index (κ3) is 25.3. The van der Waals surface area contributed by atoms with Crippen LogP contribution in [-0.4, -0.2) is 75.5 Å². The van der Waals surface area contributed by atoms with E-state index < -0.39 is 24.1 Å². The van der Waals surface area contributed by atoms with Crippen LogP contribution in [0.3, 0.4) is 0 Å². The first-order valence-corrected chi connectivity index (χ1v) is 16.0. The van der Waals surface area contributed by atoms with E-state index in [0.29, 0.717) is 19.3 Å². The first kappa shape index (κ1) is 40.8. The number of hydrogen-bond donors (Lipinski definition) is 0. The number of carbonyl (C=O) groups excluding carboxylic acids is 3. The van der Waals surface area contributed by atoms with Gasteiger partial charge in [0.05, 0.1) is 40.3 Å². The van der Waals surface area contributed by atoms with Crippen LogP contribution in [0.1, 0.15) is 84.5 Å². The summed E-state index contributed by atoms with van der Waals surface area (Å²) in [6.07, 6.45) is 31.2. The first-order valence-electron chi connectivity index (χ1n) is 16.0. The van der Waals surface area contributed by atoms with E-state index in [-0.39, 0.29) is 49.5 Å². The van der Waals surface area contributed by atoms with E-state index in [2.05, 4.69) is 26.0 Å². The van der Waals surface area contributed by atoms with E-state index in [1.165, 1.54) is 12.8 Å². The van der Waals surface area contributed by atoms with Crippen molar-refractivity contribution in [1.29, 1.82) is 0 Å². The standard InChI is InChI=1S/C36H57NO7/c1-6-8-10-12-14-15-16-17-18-19-21-23-25-27-35(39)44-32(30-42-29-28-33(36(40)41)37(3,4)5)31-43-34(38)26-24-22-20-13-11-9-7-2/h8,10,12,14-22,32-33H,6-7,9,11,13,23-31H2,1-5H3/b10-8+,14-12+,16-15+,18-17+,21-19+,22-20+. The van der Waals surface area contributed by atoms with E-state index in [4.69, 9.17) is 14.2 Å². The monoisotopic (exact) mass is 615 g/mol. The fraction of sp³-hybridized carbons (Fsp3) is 0.583. The van der Waals surface area contributed by atoms with Crippen LogP contribution in [0.2, 0.25) is 0 Å². The fourth-order valence-electron chi connectivity index (χ4n) is 3.94. The van der Waals surface area contributed by atoms with Crippen molar-refractivity contribution in [3.63, 3.8) is 0 Å². The van der Waals surface area contributed by atoms with Gasteiger partial charge in [-0.3, -0.25) is 9.59 Å². The number of esters is 2. The second-order valence-corrected chi connectivity index (χ2v) is 11.4. The normalized spacial score (nSPS) is 14.1. The minimum atomic E-state index is -1.15. The van der Waals surface area contributed by atoms with Gasteiger partial charge in [-0.1, -0.05) is 99.6 Å². The molecule has 0 aromatic heterocycles. The lowest BCUT2D eigenvalue weighted by molar-refractivity contribution is -0.889. The largest absolute Gasteiger partial charge is 0.544 e. The highest BCUT2D eigenvalue weighted by atomic mass is 16.6. The molecule has 0 rings (SSSR count). The van der Waals surface area contributed by atoms with E-state index in [1.54, 1.807) is 21.1 Å². The van der Waals surface area contributed by atoms with E-state index in [0.717, 1.165) is 19.3 Å². The topological polar surface area (TPSA) is 102 Å². The van der Waals surface area contributed by atoms with Gasteiger partial charge in [-0.05, 0) is 38.5 Å². The minimum absolute atomic E-state index is 0.00441. The van der Waals surface area contributed by atoms with Crippen LogP contribution < -0.4 is 5.11 Å². The summed E-state index contributed by atoms with van der Waals surface area (Å²) in [6.45, 7) is 4.27. The number of aliphatic carboxylic acids is 1. The van der Waals surface area contributed by atoms with Gasteiger partial charge in [-0.15, -0.1) is 0 Å². The zero-order chi connectivity index (χ0) is 32.9. The van der Waals surface area contributed by atoms with Gasteiger partial charge in [-0.25, -0.2) is 0 Å². The van der Waals surface area contributed by atoms with Crippen LogP contribution >= 0.6 is 0 Å². The van der Waals surface area contributed by atoms with Crippen molar-refractivity contribution >= 4 is 17.9 Å². The van der Waals surface area contributed by atoms with Crippen LogP contribution in [-0.2, 0) is 28.6 Å². The summed E-state index contributed by atoms with van der Waals surface area (Å²) in [4.78, 5) is 36.3. The molecule has 2 unspecified atom stereocenters. The summed E-state index contributed by atoms with van der Waals surface area (Å²) in [5.41, 5.74) is 0. The lowest BCUT2D eigenvalue weighted by Crippen LogP contribution is -2.55. The summed E-state index contributed by atoms with van der Waals surface area (Å²) in [5.74, 6) is -1.92. The molecule has 0 aliphatic heterocycles. The number of allylic oxidation sites excluding steroid dienone is 12. The molecule has 0 aliphatic carbocycles. The second-order valence-electron chi connectivity index (χ2n) is 11.4. The molecule has 0 amide bonds. The lowest BCUT2D eigenvalue weighted by atomic mass is 10.1. The number of carbonyl (C=O) groups is 3. The van der Waals surface area contributed by atoms with Crippen molar-refractivity contribution < 1.29 is 38.2 Å². The maximum atomic E-state index is 12.5. The molecule has 0 radical (unpaired) electrons. The molecule has 0 aromatic carbocycles. The highest BCUT2D eigenvalue weighted by molar-refractivity contribution is 5.70. The minimum Gasteiger partial charge on any atom is -0.544 e. The Labute approximate surface area is 266 Å². The maximum absolute atomic E-state index is 12.5. The van der Waals surface area contributed by atoms with Gasteiger partial charge < -0.3 is 28.6 Å². The third-order valence-corrected chi connectivity index (χ3v) is 6.47. The Hall–Kier alpha value is -3.23. The molecule has 0 N–H and O–H groups in total. The van der Waals surface area contributed by atoms with E-state index in [9.17, 15) is 19.5 Å². The number of hydrogen-bond acceptors (Lipinski definition) is 7. The maximum Gasteiger partial charge on any atom is 0.306 e. The molecule has 0 heterocycles. The van der Waals surface area contributed by atoms with Crippen LogP contribution in [0, 0.1) is 0 Å². The number of ether oxygens (including phenoxy) is 3. The molecule has 0 bridgehead atoms. The van der Waals surface area contributed by atoms with Gasteiger partial charge in [0, 0.05) is 19.3 Å². The highest BCUT2D eigenvalue weighted by Crippen LogP contribution is 2.09. The summed E-state index contributed by atoms with van der Waals surface area (Å²) in [6, 6.07) is -0.743. The molecule has 248 valence electrons. The van der Waals surface area contributed by atoms with Crippen molar-refractivity contribution in [3.8, 4) is 0 Å². The van der Waals surface area contributed by atoms with E-state index >= 15 is 0 Å². The smallest absolute Gasteiger partial charge is 0.306 e. The third-order valence-electron chi connectivity index (χ3n) is 6.47. The average Bonchev–Trinajstić information content (AvgIpc) is 2.96. The average molecular weight is 616 g/mol. The van der Waals surface area contributed by atoms with Crippen molar-refractivity contribution in [3.05, 3.63) is 72.9 Å². The van der Waals surface area contributed by atoms with Crippen LogP contribution in [0.15, 0.2) is 72.9 Å². The highest BCUT2D eigenvalue weighted by Gasteiger charge is 2.25. The van der Waals surface area contributed by atoms with Gasteiger partial charge in [0.15, 0.2) is 6.10 Å². The van der Waals surface area contributed by atoms with Gasteiger partial charge in [0.1, 0.15) is 12.6 Å². The molecule has 8 heteroatoms. The Kier molecular flexibility index (Phi) is 25.3. The quantitative estimate of drug-likeness (QED) is 0.0390. The number of rotatable bonds is 26. The Morgan fingerprint density at radius 3 is 1.93 bits per heavy atom. The van der Waals surface area contributed by atoms with Crippen molar-refractivity contribution in [2.24, 2.45) is 0 Å². The fourth-order valence-corrected chi connectivity index (χ4v) is 3.94. The predicted molar refractivity (Wildman–Crippen MR) is 175 cm³/mol. The summed E-state index contributed by atoms with van der Waals surface area (Å²) in [7, 11) is 5.33. The summed E-state index contributed by atoms with van der Waals surface area (Å²) >= 11 is 0. The van der Waals surface area contributed by atoms with Crippen molar-refractivity contribution in [2.45, 2.75) is 96.6 Å². The van der Waals surface area contributed by atoms with Gasteiger partial charge in [0.25, 0.3) is 0 Å². The Morgan fingerprint density at radius 1 is 0.705 bits per heavy atom. The predicted octanol–water partition coefficient (Wildman–Crippen LogP) is 5.95. The van der Waals surface area contributed by atoms with Crippen molar-refractivity contribution in [1.82, 2.24) is 0 Å². The second kappa shape index (κ2) is 27.3. The molecule has 0 fully saturated rings. The van der Waals surface area contributed by atoms with Gasteiger partial charge >= 0.3 is 11.9 Å². The van der Waals surface area contributed by atoms with Crippen LogP contribution in [0.4, 0.5) is 0 Å². The zero-order valence-electron chi connectivity index (χ0n) is 27.8. The number of likely N-dealkylation sites (N-methyl/N-ethyl adjacent to an activating group) is 1. The molecule has 44 heavy (non-hydrogen) atoms. The molecule has 0 saturated carbocycles. The Balaban J connectivity index is 4.71. The van der Waals surface area contributed by atoms with Crippen molar-refractivity contribution in [2.75, 3.05) is 41.0 Å². The molecule has 2 atom stereocenters. The molecule has 0 aromatic rings. The Bertz CT molecular complexity index is 954. The van der Waals surface area contributed by atoms with E-state index in [1.807, 2.05) is 60.8 Å². The van der Waals surface area contributed by atoms with Crippen LogP contribution in [0.5, 0.6) is 0 Å². The SMILES string of the molecule is CC/C=C/C=C/C=C/C=C/C=C/CCCC(=O)OC(COCCC(C(=O)[O-])[N+](C)(C)C)COC(=O)CC/C=C/CCCCC. The molecule has 0 saturated heterocycles. The molecule has 0 spiro atoms. The van der Waals surface area contributed by atoms with Crippen LogP contribution in [0.25, 0.3) is 0 Å². The zero-order valence-corrected chi connectivity index (χ0v) is 27.8. The molecule has 8 nitrogen and oxygen atoms in total.